The number of benzene rings is 2. The monoisotopic (exact) mass is 464 g/mol. The molecule has 0 saturated heterocycles. The quantitative estimate of drug-likeness (QED) is 0.379. The molecule has 0 saturated carbocycles. The fraction of sp³-hybridized carbons (Fsp3) is 0.136. The summed E-state index contributed by atoms with van der Waals surface area (Å²) in [6, 6.07) is 11.3. The number of carbonyl (C=O) groups excluding carboxylic acids is 1. The van der Waals surface area contributed by atoms with Crippen LogP contribution >= 0.6 is 0 Å². The summed E-state index contributed by atoms with van der Waals surface area (Å²) in [6.07, 6.45) is -8.54. The van der Waals surface area contributed by atoms with Gasteiger partial charge >= 0.3 is 12.4 Å². The number of amides is 1. The second kappa shape index (κ2) is 7.91. The highest BCUT2D eigenvalue weighted by Gasteiger charge is 2.36. The second-order valence-corrected chi connectivity index (χ2v) is 7.22. The third-order valence-corrected chi connectivity index (χ3v) is 4.80. The number of nitrogens with zero attached hydrogens (tertiary/aromatic N) is 3. The highest BCUT2D eigenvalue weighted by atomic mass is 19.4. The Balaban J connectivity index is 1.79. The third kappa shape index (κ3) is 4.52. The average Bonchev–Trinajstić information content (AvgIpc) is 3.16. The minimum atomic E-state index is -4.80. The van der Waals surface area contributed by atoms with Crippen LogP contribution in [0.3, 0.4) is 0 Å². The number of halogens is 6. The van der Waals surface area contributed by atoms with Crippen LogP contribution in [-0.4, -0.2) is 20.5 Å². The first-order chi connectivity index (χ1) is 15.4. The smallest absolute Gasteiger partial charge is 0.322 e. The zero-order valence-electron chi connectivity index (χ0n) is 16.8. The van der Waals surface area contributed by atoms with Crippen molar-refractivity contribution < 1.29 is 31.1 Å². The molecule has 0 aliphatic carbocycles. The van der Waals surface area contributed by atoms with Gasteiger partial charge in [-0.15, -0.1) is 0 Å². The molecular weight excluding hydrogens is 450 g/mol. The lowest BCUT2D eigenvalue weighted by atomic mass is 10.1. The second-order valence-electron chi connectivity index (χ2n) is 7.22. The van der Waals surface area contributed by atoms with E-state index < -0.39 is 29.5 Å². The van der Waals surface area contributed by atoms with Gasteiger partial charge in [-0.3, -0.25) is 4.79 Å². The van der Waals surface area contributed by atoms with E-state index in [-0.39, 0.29) is 22.6 Å². The SMILES string of the molecule is Cc1ccc(-c2cc(C(F)(F)F)n3ncc(C(=O)Nc4cccc(C(F)(F)F)c4)c3n2)cc1. The van der Waals surface area contributed by atoms with Crippen molar-refractivity contribution in [2.45, 2.75) is 19.3 Å². The Hall–Kier alpha value is -3.89. The molecule has 0 fully saturated rings. The fourth-order valence-corrected chi connectivity index (χ4v) is 3.17. The van der Waals surface area contributed by atoms with Crippen molar-refractivity contribution in [2.24, 2.45) is 0 Å². The van der Waals surface area contributed by atoms with E-state index in [1.807, 2.05) is 6.92 Å². The van der Waals surface area contributed by atoms with Gasteiger partial charge in [0.2, 0.25) is 0 Å². The number of anilines is 1. The largest absolute Gasteiger partial charge is 0.433 e. The van der Waals surface area contributed by atoms with E-state index >= 15 is 0 Å². The topological polar surface area (TPSA) is 59.3 Å². The van der Waals surface area contributed by atoms with Gasteiger partial charge in [-0.05, 0) is 31.2 Å². The van der Waals surface area contributed by atoms with Crippen LogP contribution in [0.15, 0.2) is 60.8 Å². The van der Waals surface area contributed by atoms with Crippen molar-refractivity contribution in [3.63, 3.8) is 0 Å². The molecule has 5 nitrogen and oxygen atoms in total. The third-order valence-electron chi connectivity index (χ3n) is 4.80. The van der Waals surface area contributed by atoms with E-state index in [9.17, 15) is 31.1 Å². The lowest BCUT2D eigenvalue weighted by Crippen LogP contribution is -2.16. The van der Waals surface area contributed by atoms with Gasteiger partial charge in [0.1, 0.15) is 5.56 Å². The van der Waals surface area contributed by atoms with Gasteiger partial charge in [-0.1, -0.05) is 35.9 Å². The molecule has 0 aliphatic heterocycles. The van der Waals surface area contributed by atoms with E-state index in [0.29, 0.717) is 10.1 Å². The number of alkyl halides is 6. The fourth-order valence-electron chi connectivity index (χ4n) is 3.17. The first kappa shape index (κ1) is 22.3. The molecular formula is C22H14F6N4O. The van der Waals surface area contributed by atoms with Gasteiger partial charge in [0.25, 0.3) is 5.91 Å². The summed E-state index contributed by atoms with van der Waals surface area (Å²) in [5.74, 6) is -0.953. The van der Waals surface area contributed by atoms with Crippen molar-refractivity contribution in [1.82, 2.24) is 14.6 Å². The van der Waals surface area contributed by atoms with Crippen LogP contribution in [0, 0.1) is 6.92 Å². The maximum Gasteiger partial charge on any atom is 0.433 e. The lowest BCUT2D eigenvalue weighted by molar-refractivity contribution is -0.142. The van der Waals surface area contributed by atoms with Gasteiger partial charge in [-0.25, -0.2) is 9.50 Å². The summed E-state index contributed by atoms with van der Waals surface area (Å²) in [5.41, 5.74) is -1.79. The van der Waals surface area contributed by atoms with Crippen molar-refractivity contribution in [3.8, 4) is 11.3 Å². The van der Waals surface area contributed by atoms with Crippen LogP contribution < -0.4 is 5.32 Å². The standard InChI is InChI=1S/C22H14F6N4O/c1-12-5-7-13(8-6-12)17-10-18(22(26,27)28)32-19(31-17)16(11-29-32)20(33)30-15-4-2-3-14(9-15)21(23,24)25/h2-11H,1H3,(H,30,33). The van der Waals surface area contributed by atoms with Crippen molar-refractivity contribution >= 4 is 17.2 Å². The summed E-state index contributed by atoms with van der Waals surface area (Å²) in [7, 11) is 0. The number of fused-ring (bicyclic) bond motifs is 1. The highest BCUT2D eigenvalue weighted by Crippen LogP contribution is 2.33. The number of nitrogens with one attached hydrogen (secondary N) is 1. The predicted molar refractivity (Wildman–Crippen MR) is 108 cm³/mol. The molecule has 0 atom stereocenters. The summed E-state index contributed by atoms with van der Waals surface area (Å²) < 4.78 is 80.4. The Kier molecular flexibility index (Phi) is 5.35. The Bertz CT molecular complexity index is 1340. The molecule has 0 bridgehead atoms. The minimum absolute atomic E-state index is 0.0385. The number of aromatic nitrogens is 3. The summed E-state index contributed by atoms with van der Waals surface area (Å²) in [6.45, 7) is 1.81. The molecule has 4 rings (SSSR count). The Morgan fingerprint density at radius 2 is 1.64 bits per heavy atom. The molecule has 4 aromatic rings. The molecule has 11 heteroatoms. The van der Waals surface area contributed by atoms with Crippen LogP contribution in [0.5, 0.6) is 0 Å². The molecule has 2 heterocycles. The van der Waals surface area contributed by atoms with Gasteiger partial charge in [0.15, 0.2) is 11.3 Å². The van der Waals surface area contributed by atoms with Crippen molar-refractivity contribution in [1.29, 1.82) is 0 Å². The van der Waals surface area contributed by atoms with E-state index in [4.69, 9.17) is 0 Å². The van der Waals surface area contributed by atoms with Gasteiger partial charge in [-0.2, -0.15) is 31.4 Å². The van der Waals surface area contributed by atoms with Gasteiger partial charge in [0.05, 0.1) is 17.5 Å². The summed E-state index contributed by atoms with van der Waals surface area (Å²) in [5, 5.41) is 5.91. The van der Waals surface area contributed by atoms with E-state index in [1.165, 1.54) is 6.07 Å². The molecule has 170 valence electrons. The number of carbonyl (C=O) groups is 1. The number of aryl methyl sites for hydroxylation is 1. The van der Waals surface area contributed by atoms with E-state index in [1.54, 1.807) is 24.3 Å². The summed E-state index contributed by atoms with van der Waals surface area (Å²) >= 11 is 0. The Labute approximate surface area is 182 Å². The van der Waals surface area contributed by atoms with E-state index in [2.05, 4.69) is 15.4 Å². The zero-order valence-corrected chi connectivity index (χ0v) is 16.8. The molecule has 1 N–H and O–H groups in total. The zero-order chi connectivity index (χ0) is 24.0. The van der Waals surface area contributed by atoms with Crippen LogP contribution in [-0.2, 0) is 12.4 Å². The summed E-state index contributed by atoms with van der Waals surface area (Å²) in [4.78, 5) is 16.9. The Morgan fingerprint density at radius 3 is 2.27 bits per heavy atom. The van der Waals surface area contributed by atoms with Crippen molar-refractivity contribution in [2.75, 3.05) is 5.32 Å². The molecule has 0 spiro atoms. The average molecular weight is 464 g/mol. The van der Waals surface area contributed by atoms with Crippen LogP contribution in [0.25, 0.3) is 16.9 Å². The number of hydrogen-bond donors (Lipinski definition) is 1. The molecule has 1 amide bonds. The maximum atomic E-state index is 13.7. The molecule has 2 aromatic heterocycles. The first-order valence-corrected chi connectivity index (χ1v) is 9.45. The van der Waals surface area contributed by atoms with Gasteiger partial charge in [0, 0.05) is 11.3 Å². The van der Waals surface area contributed by atoms with Crippen LogP contribution in [0.1, 0.15) is 27.2 Å². The maximum absolute atomic E-state index is 13.7. The molecule has 0 radical (unpaired) electrons. The first-order valence-electron chi connectivity index (χ1n) is 9.45. The normalized spacial score (nSPS) is 12.2. The predicted octanol–water partition coefficient (Wildman–Crippen LogP) is 5.99. The van der Waals surface area contributed by atoms with Crippen molar-refractivity contribution in [3.05, 3.63) is 83.2 Å². The minimum Gasteiger partial charge on any atom is -0.322 e. The molecule has 0 unspecified atom stereocenters. The number of hydrogen-bond acceptors (Lipinski definition) is 3. The Morgan fingerprint density at radius 1 is 0.939 bits per heavy atom. The highest BCUT2D eigenvalue weighted by molar-refractivity contribution is 6.08. The van der Waals surface area contributed by atoms with Crippen LogP contribution in [0.2, 0.25) is 0 Å². The lowest BCUT2D eigenvalue weighted by Gasteiger charge is -2.12. The molecule has 0 aliphatic rings. The number of rotatable bonds is 3. The van der Waals surface area contributed by atoms with E-state index in [0.717, 1.165) is 36.0 Å². The molecule has 33 heavy (non-hydrogen) atoms. The molecule has 2 aromatic carbocycles. The van der Waals surface area contributed by atoms with Gasteiger partial charge < -0.3 is 5.32 Å². The van der Waals surface area contributed by atoms with Crippen LogP contribution in [0.4, 0.5) is 32.0 Å².